The van der Waals surface area contributed by atoms with Crippen LogP contribution in [0.15, 0.2) is 164 Å². The third kappa shape index (κ3) is 3.18. The second-order valence-electron chi connectivity index (χ2n) is 12.9. The first-order valence-corrected chi connectivity index (χ1v) is 16.5. The molecule has 2 aromatic heterocycles. The molecular weight excluding hydrogens is 583 g/mol. The fourth-order valence-corrected chi connectivity index (χ4v) is 8.72. The van der Waals surface area contributed by atoms with E-state index in [4.69, 9.17) is 9.97 Å². The number of aromatic nitrogens is 3. The average Bonchev–Trinajstić information content (AvgIpc) is 3.75. The van der Waals surface area contributed by atoms with Crippen molar-refractivity contribution in [1.29, 1.82) is 0 Å². The van der Waals surface area contributed by atoms with E-state index in [0.717, 1.165) is 39.1 Å². The van der Waals surface area contributed by atoms with Crippen molar-refractivity contribution < 1.29 is 0 Å². The highest BCUT2D eigenvalue weighted by Crippen LogP contribution is 2.63. The van der Waals surface area contributed by atoms with Gasteiger partial charge in [0.25, 0.3) is 0 Å². The van der Waals surface area contributed by atoms with E-state index >= 15 is 0 Å². The van der Waals surface area contributed by atoms with Crippen molar-refractivity contribution in [3.63, 3.8) is 0 Å². The summed E-state index contributed by atoms with van der Waals surface area (Å²) in [4.78, 5) is 10.7. The van der Waals surface area contributed by atoms with Crippen molar-refractivity contribution >= 4 is 32.8 Å². The van der Waals surface area contributed by atoms with Crippen molar-refractivity contribution in [2.24, 2.45) is 0 Å². The first kappa shape index (κ1) is 25.8. The smallest absolute Gasteiger partial charge is 0.165 e. The summed E-state index contributed by atoms with van der Waals surface area (Å²) in [5.74, 6) is 0.836. The Hall–Kier alpha value is -6.32. The maximum Gasteiger partial charge on any atom is 0.165 e. The van der Waals surface area contributed by atoms with Crippen LogP contribution in [0.25, 0.3) is 72.2 Å². The molecular formula is C45H27N3. The largest absolute Gasteiger partial charge is 0.292 e. The van der Waals surface area contributed by atoms with Crippen LogP contribution in [0.3, 0.4) is 0 Å². The molecule has 2 aliphatic rings. The highest BCUT2D eigenvalue weighted by Gasteiger charge is 2.51. The zero-order valence-electron chi connectivity index (χ0n) is 25.9. The van der Waals surface area contributed by atoms with Crippen LogP contribution in [0.5, 0.6) is 0 Å². The molecule has 7 aromatic carbocycles. The average molecular weight is 610 g/mol. The molecule has 3 nitrogen and oxygen atoms in total. The molecule has 2 heterocycles. The molecule has 48 heavy (non-hydrogen) atoms. The molecule has 0 saturated carbocycles. The minimum absolute atomic E-state index is 0.425. The third-order valence-electron chi connectivity index (χ3n) is 10.6. The molecule has 1 spiro atoms. The third-order valence-corrected chi connectivity index (χ3v) is 10.6. The van der Waals surface area contributed by atoms with Gasteiger partial charge in [0.2, 0.25) is 0 Å². The molecule has 222 valence electrons. The highest BCUT2D eigenvalue weighted by atomic mass is 15.1. The SMILES string of the molecule is c1ccc(-c2nc3ccccc3nc2-n2c3ccccc3c3cc4c(cc32)C2(c3ccccc3-c3ccccc32)c2ccccc2-4)cc1. The minimum atomic E-state index is -0.425. The Kier molecular flexibility index (Phi) is 5.04. The summed E-state index contributed by atoms with van der Waals surface area (Å²) < 4.78 is 2.36. The lowest BCUT2D eigenvalue weighted by Crippen LogP contribution is -2.25. The fraction of sp³-hybridized carbons (Fsp3) is 0.0222. The normalized spacial score (nSPS) is 13.6. The second kappa shape index (κ2) is 9.37. The van der Waals surface area contributed by atoms with Crippen LogP contribution in [0.1, 0.15) is 22.3 Å². The van der Waals surface area contributed by atoms with Gasteiger partial charge in [0, 0.05) is 16.3 Å². The Morgan fingerprint density at radius 2 is 0.938 bits per heavy atom. The maximum atomic E-state index is 5.39. The number of hydrogen-bond acceptors (Lipinski definition) is 2. The van der Waals surface area contributed by atoms with Gasteiger partial charge < -0.3 is 0 Å². The van der Waals surface area contributed by atoms with E-state index < -0.39 is 5.41 Å². The van der Waals surface area contributed by atoms with Crippen LogP contribution < -0.4 is 0 Å². The van der Waals surface area contributed by atoms with Crippen LogP contribution in [-0.2, 0) is 5.41 Å². The second-order valence-corrected chi connectivity index (χ2v) is 12.9. The summed E-state index contributed by atoms with van der Waals surface area (Å²) in [6.07, 6.45) is 0. The van der Waals surface area contributed by atoms with Crippen molar-refractivity contribution in [1.82, 2.24) is 14.5 Å². The Morgan fingerprint density at radius 3 is 1.62 bits per heavy atom. The number of hydrogen-bond donors (Lipinski definition) is 0. The summed E-state index contributed by atoms with van der Waals surface area (Å²) >= 11 is 0. The lowest BCUT2D eigenvalue weighted by molar-refractivity contribution is 0.794. The lowest BCUT2D eigenvalue weighted by atomic mass is 9.70. The van der Waals surface area contributed by atoms with Crippen LogP contribution in [0, 0.1) is 0 Å². The van der Waals surface area contributed by atoms with Crippen molar-refractivity contribution in [3.05, 3.63) is 186 Å². The van der Waals surface area contributed by atoms with E-state index in [1.807, 2.05) is 18.2 Å². The molecule has 0 fully saturated rings. The molecule has 0 radical (unpaired) electrons. The predicted molar refractivity (Wildman–Crippen MR) is 196 cm³/mol. The fourth-order valence-electron chi connectivity index (χ4n) is 8.72. The standard InChI is InChI=1S/C45H27N3/c1-2-14-28(15-3-1)43-44(47-40-24-12-11-23-39(40)46-43)48-41-25-13-7-19-32(41)34-26-33-31-18-6-10-22-37(31)45(38(33)27-42(34)48)35-20-8-4-16-29(35)30-17-5-9-21-36(30)45/h1-27H. The predicted octanol–water partition coefficient (Wildman–Crippen LogP) is 10.7. The van der Waals surface area contributed by atoms with Gasteiger partial charge in [-0.1, -0.05) is 133 Å². The number of fused-ring (bicyclic) bond motifs is 14. The van der Waals surface area contributed by atoms with E-state index in [-0.39, 0.29) is 0 Å². The van der Waals surface area contributed by atoms with E-state index in [9.17, 15) is 0 Å². The van der Waals surface area contributed by atoms with E-state index in [2.05, 4.69) is 150 Å². The number of nitrogens with zero attached hydrogens (tertiary/aromatic N) is 3. The van der Waals surface area contributed by atoms with Crippen molar-refractivity contribution in [3.8, 4) is 39.3 Å². The van der Waals surface area contributed by atoms with Crippen LogP contribution in [0.2, 0.25) is 0 Å². The zero-order valence-corrected chi connectivity index (χ0v) is 25.9. The van der Waals surface area contributed by atoms with Gasteiger partial charge in [0.1, 0.15) is 5.69 Å². The Morgan fingerprint density at radius 1 is 0.396 bits per heavy atom. The molecule has 2 aliphatic carbocycles. The van der Waals surface area contributed by atoms with Gasteiger partial charge in [-0.25, -0.2) is 9.97 Å². The molecule has 11 rings (SSSR count). The topological polar surface area (TPSA) is 30.7 Å². The molecule has 0 saturated heterocycles. The summed E-state index contributed by atoms with van der Waals surface area (Å²) in [6.45, 7) is 0. The van der Waals surface area contributed by atoms with Crippen molar-refractivity contribution in [2.45, 2.75) is 5.41 Å². The van der Waals surface area contributed by atoms with Gasteiger partial charge in [0.05, 0.1) is 27.5 Å². The molecule has 0 aliphatic heterocycles. The molecule has 0 bridgehead atoms. The lowest BCUT2D eigenvalue weighted by Gasteiger charge is -2.30. The molecule has 0 atom stereocenters. The Balaban J connectivity index is 1.32. The summed E-state index contributed by atoms with van der Waals surface area (Å²) in [6, 6.07) is 59.3. The van der Waals surface area contributed by atoms with Gasteiger partial charge in [-0.05, 0) is 74.8 Å². The first-order valence-electron chi connectivity index (χ1n) is 16.5. The minimum Gasteiger partial charge on any atom is -0.292 e. The number of para-hydroxylation sites is 3. The van der Waals surface area contributed by atoms with Crippen LogP contribution in [-0.4, -0.2) is 14.5 Å². The molecule has 3 heteroatoms. The first-order chi connectivity index (χ1) is 23.8. The zero-order chi connectivity index (χ0) is 31.4. The summed E-state index contributed by atoms with van der Waals surface area (Å²) in [5.41, 5.74) is 16.0. The molecule has 0 unspecified atom stereocenters. The van der Waals surface area contributed by atoms with Gasteiger partial charge in [-0.3, -0.25) is 4.57 Å². The monoisotopic (exact) mass is 609 g/mol. The van der Waals surface area contributed by atoms with Gasteiger partial charge >= 0.3 is 0 Å². The number of benzene rings is 7. The van der Waals surface area contributed by atoms with E-state index in [1.165, 1.54) is 55.3 Å². The van der Waals surface area contributed by atoms with Gasteiger partial charge in [-0.2, -0.15) is 0 Å². The molecule has 0 N–H and O–H groups in total. The maximum absolute atomic E-state index is 5.39. The summed E-state index contributed by atoms with van der Waals surface area (Å²) in [5, 5.41) is 2.42. The van der Waals surface area contributed by atoms with Gasteiger partial charge in [0.15, 0.2) is 5.82 Å². The molecule has 0 amide bonds. The Labute approximate surface area is 277 Å². The Bertz CT molecular complexity index is 2740. The van der Waals surface area contributed by atoms with Crippen molar-refractivity contribution in [2.75, 3.05) is 0 Å². The summed E-state index contributed by atoms with van der Waals surface area (Å²) in [7, 11) is 0. The van der Waals surface area contributed by atoms with Gasteiger partial charge in [-0.15, -0.1) is 0 Å². The van der Waals surface area contributed by atoms with E-state index in [0.29, 0.717) is 0 Å². The van der Waals surface area contributed by atoms with Crippen LogP contribution in [0.4, 0.5) is 0 Å². The quantitative estimate of drug-likeness (QED) is 0.195. The van der Waals surface area contributed by atoms with Crippen LogP contribution >= 0.6 is 0 Å². The highest BCUT2D eigenvalue weighted by molar-refractivity contribution is 6.13. The number of rotatable bonds is 2. The van der Waals surface area contributed by atoms with E-state index in [1.54, 1.807) is 0 Å². The molecule has 9 aromatic rings.